The van der Waals surface area contributed by atoms with Crippen molar-refractivity contribution in [2.75, 3.05) is 5.32 Å². The maximum Gasteiger partial charge on any atom is 0.295 e. The zero-order chi connectivity index (χ0) is 25.0. The molecule has 0 aliphatic heterocycles. The van der Waals surface area contributed by atoms with E-state index in [9.17, 15) is 10.1 Å². The molecule has 4 rings (SSSR count). The molecule has 4 aromatic rings. The van der Waals surface area contributed by atoms with Crippen molar-refractivity contribution < 1.29 is 14.4 Å². The lowest BCUT2D eigenvalue weighted by molar-refractivity contribution is -0.384. The third-order valence-corrected chi connectivity index (χ3v) is 4.97. The third-order valence-electron chi connectivity index (χ3n) is 4.97. The molecule has 0 radical (unpaired) electrons. The fourth-order valence-electron chi connectivity index (χ4n) is 3.31. The molecule has 7 heteroatoms. The summed E-state index contributed by atoms with van der Waals surface area (Å²) in [6.07, 6.45) is 0. The maximum absolute atomic E-state index is 11.6. The number of nitrogens with one attached hydrogen (secondary N) is 1. The largest absolute Gasteiger partial charge is 0.473 e. The fraction of sp³-hybridized carbons (Fsp3) is 0.179. The molecule has 0 atom stereocenters. The molecule has 0 unspecified atom stereocenters. The number of hydrogen-bond acceptors (Lipinski definition) is 6. The van der Waals surface area contributed by atoms with Gasteiger partial charge in [0, 0.05) is 11.6 Å². The topological polar surface area (TPSA) is 86.5 Å². The van der Waals surface area contributed by atoms with E-state index in [1.807, 2.05) is 74.5 Å². The lowest BCUT2D eigenvalue weighted by Crippen LogP contribution is -2.05. The highest BCUT2D eigenvalue weighted by molar-refractivity contribution is 5.74. The molecule has 0 saturated carbocycles. The van der Waals surface area contributed by atoms with E-state index < -0.39 is 4.92 Å². The Labute approximate surface area is 205 Å². The van der Waals surface area contributed by atoms with Crippen molar-refractivity contribution >= 4 is 17.1 Å². The lowest BCUT2D eigenvalue weighted by atomic mass is 10.1. The van der Waals surface area contributed by atoms with Crippen molar-refractivity contribution in [2.24, 2.45) is 0 Å². The van der Waals surface area contributed by atoms with Gasteiger partial charge in [0.2, 0.25) is 11.8 Å². The Morgan fingerprint density at radius 2 is 1.37 bits per heavy atom. The van der Waals surface area contributed by atoms with Crippen molar-refractivity contribution in [3.63, 3.8) is 0 Å². The smallest absolute Gasteiger partial charge is 0.295 e. The predicted octanol–water partition coefficient (Wildman–Crippen LogP) is 7.23. The van der Waals surface area contributed by atoms with E-state index >= 15 is 0 Å². The number of aryl methyl sites for hydroxylation is 1. The Bertz CT molecular complexity index is 1230. The highest BCUT2D eigenvalue weighted by Gasteiger charge is 2.19. The second-order valence-electron chi connectivity index (χ2n) is 7.40. The van der Waals surface area contributed by atoms with Gasteiger partial charge in [-0.05, 0) is 30.2 Å². The number of nitrogens with zero attached hydrogens (tertiary/aromatic N) is 2. The van der Waals surface area contributed by atoms with E-state index in [0.29, 0.717) is 41.9 Å². The number of benzene rings is 3. The van der Waals surface area contributed by atoms with Gasteiger partial charge in [-0.1, -0.05) is 86.6 Å². The number of ether oxygens (including phenoxy) is 2. The standard InChI is InChI=1S/C26H23N3O4.C2H6/c1-19-9-8-14-22(25(19)29(30)31)27-23-15-16-24(32-17-20-10-4-2-5-11-20)28-26(23)33-18-21-12-6-3-7-13-21;1-2/h2-16,27H,17-18H2,1H3;1-2H3. The number of anilines is 2. The summed E-state index contributed by atoms with van der Waals surface area (Å²) in [5, 5.41) is 14.7. The zero-order valence-electron chi connectivity index (χ0n) is 20.1. The molecule has 7 nitrogen and oxygen atoms in total. The van der Waals surface area contributed by atoms with Crippen LogP contribution in [-0.4, -0.2) is 9.91 Å². The molecule has 3 aromatic carbocycles. The summed E-state index contributed by atoms with van der Waals surface area (Å²) in [5.41, 5.74) is 3.44. The number of rotatable bonds is 9. The molecular formula is C28H29N3O4. The molecule has 0 aliphatic rings. The SMILES string of the molecule is CC.Cc1cccc(Nc2ccc(OCc3ccccc3)nc2OCc2ccccc2)c1[N+](=O)[O-]. The molecule has 0 saturated heterocycles. The Morgan fingerprint density at radius 1 is 0.771 bits per heavy atom. The lowest BCUT2D eigenvalue weighted by Gasteiger charge is -2.15. The number of hydrogen-bond donors (Lipinski definition) is 1. The van der Waals surface area contributed by atoms with Gasteiger partial charge in [-0.3, -0.25) is 10.1 Å². The van der Waals surface area contributed by atoms with Crippen LogP contribution in [0.25, 0.3) is 0 Å². The second-order valence-corrected chi connectivity index (χ2v) is 7.40. The molecular weight excluding hydrogens is 442 g/mol. The molecule has 0 amide bonds. The number of aromatic nitrogens is 1. The van der Waals surface area contributed by atoms with Gasteiger partial charge < -0.3 is 14.8 Å². The van der Waals surface area contributed by atoms with Crippen LogP contribution in [0.2, 0.25) is 0 Å². The monoisotopic (exact) mass is 471 g/mol. The van der Waals surface area contributed by atoms with Gasteiger partial charge in [0.15, 0.2) is 0 Å². The van der Waals surface area contributed by atoms with E-state index in [0.717, 1.165) is 11.1 Å². The molecule has 1 aromatic heterocycles. The minimum absolute atomic E-state index is 0.0101. The number of nitro benzene ring substituents is 1. The van der Waals surface area contributed by atoms with Crippen molar-refractivity contribution in [3.8, 4) is 11.8 Å². The van der Waals surface area contributed by atoms with Crippen molar-refractivity contribution in [3.05, 3.63) is 118 Å². The van der Waals surface area contributed by atoms with E-state index in [2.05, 4.69) is 10.3 Å². The predicted molar refractivity (Wildman–Crippen MR) is 138 cm³/mol. The van der Waals surface area contributed by atoms with E-state index in [1.54, 1.807) is 37.3 Å². The summed E-state index contributed by atoms with van der Waals surface area (Å²) in [5.74, 6) is 0.687. The molecule has 35 heavy (non-hydrogen) atoms. The highest BCUT2D eigenvalue weighted by Crippen LogP contribution is 2.35. The quantitative estimate of drug-likeness (QED) is 0.205. The van der Waals surface area contributed by atoms with Gasteiger partial charge in [-0.15, -0.1) is 0 Å². The summed E-state index contributed by atoms with van der Waals surface area (Å²) >= 11 is 0. The highest BCUT2D eigenvalue weighted by atomic mass is 16.6. The second kappa shape index (κ2) is 12.7. The Kier molecular flexibility index (Phi) is 9.19. The fourth-order valence-corrected chi connectivity index (χ4v) is 3.31. The van der Waals surface area contributed by atoms with Crippen LogP contribution in [-0.2, 0) is 13.2 Å². The van der Waals surface area contributed by atoms with Gasteiger partial charge >= 0.3 is 0 Å². The number of pyridine rings is 1. The van der Waals surface area contributed by atoms with E-state index in [-0.39, 0.29) is 5.69 Å². The molecule has 0 aliphatic carbocycles. The summed E-state index contributed by atoms with van der Waals surface area (Å²) < 4.78 is 11.8. The van der Waals surface area contributed by atoms with Gasteiger partial charge in [-0.2, -0.15) is 4.98 Å². The molecule has 0 fully saturated rings. The first kappa shape index (κ1) is 25.2. The Balaban J connectivity index is 0.00000167. The van der Waals surface area contributed by atoms with Gasteiger partial charge in [0.25, 0.3) is 5.69 Å². The summed E-state index contributed by atoms with van der Waals surface area (Å²) in [6.45, 7) is 6.36. The third kappa shape index (κ3) is 7.04. The molecule has 1 heterocycles. The van der Waals surface area contributed by atoms with Crippen molar-refractivity contribution in [1.29, 1.82) is 0 Å². The zero-order valence-corrected chi connectivity index (χ0v) is 20.1. The van der Waals surface area contributed by atoms with Gasteiger partial charge in [0.1, 0.15) is 24.6 Å². The van der Waals surface area contributed by atoms with Crippen LogP contribution >= 0.6 is 0 Å². The Hall–Kier alpha value is -4.39. The normalized spacial score (nSPS) is 10.0. The van der Waals surface area contributed by atoms with Gasteiger partial charge in [-0.25, -0.2) is 0 Å². The van der Waals surface area contributed by atoms with Crippen LogP contribution in [0.5, 0.6) is 11.8 Å². The molecule has 1 N–H and O–H groups in total. The molecule has 180 valence electrons. The number of nitro groups is 1. The maximum atomic E-state index is 11.6. The molecule has 0 spiro atoms. The average molecular weight is 472 g/mol. The summed E-state index contributed by atoms with van der Waals surface area (Å²) in [7, 11) is 0. The first-order chi connectivity index (χ1) is 17.1. The van der Waals surface area contributed by atoms with Crippen molar-refractivity contribution in [1.82, 2.24) is 4.98 Å². The summed E-state index contributed by atoms with van der Waals surface area (Å²) in [4.78, 5) is 15.7. The Morgan fingerprint density at radius 3 is 1.97 bits per heavy atom. The molecule has 0 bridgehead atoms. The van der Waals surface area contributed by atoms with Crippen LogP contribution in [0, 0.1) is 17.0 Å². The first-order valence-electron chi connectivity index (χ1n) is 11.5. The van der Waals surface area contributed by atoms with Crippen LogP contribution in [0.3, 0.4) is 0 Å². The minimum atomic E-state index is -0.396. The van der Waals surface area contributed by atoms with Crippen molar-refractivity contribution in [2.45, 2.75) is 34.0 Å². The van der Waals surface area contributed by atoms with Crippen LogP contribution < -0.4 is 14.8 Å². The minimum Gasteiger partial charge on any atom is -0.473 e. The first-order valence-corrected chi connectivity index (χ1v) is 11.5. The van der Waals surface area contributed by atoms with E-state index in [1.165, 1.54) is 0 Å². The summed E-state index contributed by atoms with van der Waals surface area (Å²) in [6, 6.07) is 28.1. The average Bonchev–Trinajstić information content (AvgIpc) is 2.89. The van der Waals surface area contributed by atoms with Crippen LogP contribution in [0.15, 0.2) is 91.0 Å². The van der Waals surface area contributed by atoms with E-state index in [4.69, 9.17) is 9.47 Å². The van der Waals surface area contributed by atoms with Gasteiger partial charge in [0.05, 0.1) is 4.92 Å². The van der Waals surface area contributed by atoms with Crippen LogP contribution in [0.4, 0.5) is 17.1 Å². The number of para-hydroxylation sites is 1. The van der Waals surface area contributed by atoms with Crippen LogP contribution in [0.1, 0.15) is 30.5 Å².